The van der Waals surface area contributed by atoms with Crippen LogP contribution in [0.4, 0.5) is 5.82 Å². The summed E-state index contributed by atoms with van der Waals surface area (Å²) in [5.41, 5.74) is 3.53. The number of carbonyl (C=O) groups is 1. The van der Waals surface area contributed by atoms with E-state index in [1.54, 1.807) is 6.20 Å². The first kappa shape index (κ1) is 18.4. The van der Waals surface area contributed by atoms with Crippen molar-refractivity contribution >= 4 is 11.7 Å². The molecule has 3 heterocycles. The molecule has 0 aliphatic carbocycles. The summed E-state index contributed by atoms with van der Waals surface area (Å²) in [6.45, 7) is 9.50. The Morgan fingerprint density at radius 2 is 2.19 bits per heavy atom. The van der Waals surface area contributed by atoms with Crippen LogP contribution in [0, 0.1) is 19.8 Å². The number of anilines is 1. The molecule has 1 saturated heterocycles. The molecule has 0 radical (unpaired) electrons. The molecule has 1 N–H and O–H groups in total. The van der Waals surface area contributed by atoms with Crippen LogP contribution in [0.5, 0.6) is 0 Å². The average Bonchev–Trinajstić information content (AvgIpc) is 2.96. The summed E-state index contributed by atoms with van der Waals surface area (Å²) in [6, 6.07) is 5.92. The monoisotopic (exact) mass is 355 g/mol. The van der Waals surface area contributed by atoms with Crippen LogP contribution >= 0.6 is 0 Å². The van der Waals surface area contributed by atoms with Crippen LogP contribution in [0.25, 0.3) is 0 Å². The summed E-state index contributed by atoms with van der Waals surface area (Å²) in [4.78, 5) is 19.2. The molecule has 3 rings (SSSR count). The first-order chi connectivity index (χ1) is 12.6. The molecule has 1 fully saturated rings. The third-order valence-corrected chi connectivity index (χ3v) is 5.27. The molecule has 1 aliphatic rings. The fraction of sp³-hybridized carbons (Fsp3) is 0.550. The van der Waals surface area contributed by atoms with Gasteiger partial charge in [-0.1, -0.05) is 6.07 Å². The van der Waals surface area contributed by atoms with Gasteiger partial charge in [-0.3, -0.25) is 9.48 Å². The molecule has 0 spiro atoms. The summed E-state index contributed by atoms with van der Waals surface area (Å²) in [5.74, 6) is 1.15. The predicted molar refractivity (Wildman–Crippen MR) is 103 cm³/mol. The van der Waals surface area contributed by atoms with E-state index in [9.17, 15) is 4.79 Å². The molecule has 26 heavy (non-hydrogen) atoms. The molecule has 2 aromatic rings. The number of rotatable bonds is 6. The van der Waals surface area contributed by atoms with Crippen LogP contribution < -0.4 is 10.2 Å². The van der Waals surface area contributed by atoms with Gasteiger partial charge in [0.15, 0.2) is 0 Å². The molecule has 140 valence electrons. The van der Waals surface area contributed by atoms with E-state index in [1.807, 2.05) is 29.8 Å². The summed E-state index contributed by atoms with van der Waals surface area (Å²) in [5, 5.41) is 7.68. The fourth-order valence-electron chi connectivity index (χ4n) is 3.80. The second-order valence-corrected chi connectivity index (χ2v) is 6.98. The predicted octanol–water partition coefficient (Wildman–Crippen LogP) is 2.49. The van der Waals surface area contributed by atoms with E-state index in [-0.39, 0.29) is 11.8 Å². The van der Waals surface area contributed by atoms with Crippen molar-refractivity contribution in [3.63, 3.8) is 0 Å². The molecule has 0 aromatic carbocycles. The summed E-state index contributed by atoms with van der Waals surface area (Å²) >= 11 is 0. The molecule has 2 aromatic heterocycles. The van der Waals surface area contributed by atoms with Gasteiger partial charge in [0.05, 0.1) is 11.6 Å². The quantitative estimate of drug-likeness (QED) is 0.865. The van der Waals surface area contributed by atoms with Crippen LogP contribution in [0.15, 0.2) is 24.4 Å². The van der Waals surface area contributed by atoms with Crippen LogP contribution in [-0.2, 0) is 17.8 Å². The molecular formula is C20H29N5O. The van der Waals surface area contributed by atoms with Gasteiger partial charge in [0.25, 0.3) is 0 Å². The van der Waals surface area contributed by atoms with Gasteiger partial charge in [0, 0.05) is 38.1 Å². The molecule has 0 unspecified atom stereocenters. The Hall–Kier alpha value is -2.37. The largest absolute Gasteiger partial charge is 0.356 e. The minimum atomic E-state index is 0.0336. The Balaban J connectivity index is 1.53. The van der Waals surface area contributed by atoms with E-state index in [0.29, 0.717) is 6.54 Å². The van der Waals surface area contributed by atoms with Crippen LogP contribution in [0.2, 0.25) is 0 Å². The van der Waals surface area contributed by atoms with Crippen molar-refractivity contribution in [2.75, 3.05) is 24.5 Å². The van der Waals surface area contributed by atoms with E-state index in [4.69, 9.17) is 0 Å². The van der Waals surface area contributed by atoms with Crippen molar-refractivity contribution in [3.8, 4) is 0 Å². The van der Waals surface area contributed by atoms with Crippen LogP contribution in [0.1, 0.15) is 36.7 Å². The molecule has 0 bridgehead atoms. The number of nitrogens with zero attached hydrogens (tertiary/aromatic N) is 4. The zero-order chi connectivity index (χ0) is 18.5. The smallest absolute Gasteiger partial charge is 0.224 e. The van der Waals surface area contributed by atoms with Crippen molar-refractivity contribution in [1.29, 1.82) is 0 Å². The Kier molecular flexibility index (Phi) is 5.91. The topological polar surface area (TPSA) is 63.1 Å². The van der Waals surface area contributed by atoms with E-state index in [2.05, 4.69) is 34.1 Å². The first-order valence-electron chi connectivity index (χ1n) is 9.56. The van der Waals surface area contributed by atoms with Crippen molar-refractivity contribution < 1.29 is 4.79 Å². The van der Waals surface area contributed by atoms with Gasteiger partial charge >= 0.3 is 0 Å². The molecule has 1 amide bonds. The van der Waals surface area contributed by atoms with Gasteiger partial charge in [-0.05, 0) is 57.7 Å². The highest BCUT2D eigenvalue weighted by Gasteiger charge is 2.26. The highest BCUT2D eigenvalue weighted by Crippen LogP contribution is 2.21. The minimum Gasteiger partial charge on any atom is -0.356 e. The number of hydrogen-bond donors (Lipinski definition) is 1. The number of aromatic nitrogens is 3. The van der Waals surface area contributed by atoms with Crippen molar-refractivity contribution in [1.82, 2.24) is 20.1 Å². The maximum atomic E-state index is 12.6. The lowest BCUT2D eigenvalue weighted by molar-refractivity contribution is -0.125. The number of carbonyl (C=O) groups excluding carboxylic acids is 1. The highest BCUT2D eigenvalue weighted by atomic mass is 16.1. The lowest BCUT2D eigenvalue weighted by Gasteiger charge is -2.32. The Morgan fingerprint density at radius 1 is 1.35 bits per heavy atom. The minimum absolute atomic E-state index is 0.0336. The van der Waals surface area contributed by atoms with E-state index >= 15 is 0 Å². The van der Waals surface area contributed by atoms with E-state index in [1.165, 1.54) is 11.3 Å². The lowest BCUT2D eigenvalue weighted by Crippen LogP contribution is -2.43. The van der Waals surface area contributed by atoms with Gasteiger partial charge < -0.3 is 10.2 Å². The van der Waals surface area contributed by atoms with E-state index < -0.39 is 0 Å². The Bertz CT molecular complexity index is 740. The zero-order valence-electron chi connectivity index (χ0n) is 16.0. The normalized spacial score (nSPS) is 17.3. The number of amides is 1. The Labute approximate surface area is 155 Å². The molecule has 6 heteroatoms. The third-order valence-electron chi connectivity index (χ3n) is 5.27. The number of piperidine rings is 1. The maximum Gasteiger partial charge on any atom is 0.224 e. The van der Waals surface area contributed by atoms with Crippen molar-refractivity contribution in [3.05, 3.63) is 41.3 Å². The lowest BCUT2D eigenvalue weighted by atomic mass is 9.97. The molecular weight excluding hydrogens is 326 g/mol. The summed E-state index contributed by atoms with van der Waals surface area (Å²) in [6.07, 6.45) is 4.61. The van der Waals surface area contributed by atoms with E-state index in [0.717, 1.165) is 50.4 Å². The summed E-state index contributed by atoms with van der Waals surface area (Å²) in [7, 11) is 0. The average molecular weight is 355 g/mol. The molecule has 1 aliphatic heterocycles. The maximum absolute atomic E-state index is 12.6. The number of aryl methyl sites for hydroxylation is 2. The molecule has 1 atom stereocenters. The van der Waals surface area contributed by atoms with Crippen LogP contribution in [0.3, 0.4) is 0 Å². The highest BCUT2D eigenvalue weighted by molar-refractivity contribution is 5.79. The van der Waals surface area contributed by atoms with Gasteiger partial charge in [-0.15, -0.1) is 0 Å². The molecule has 0 saturated carbocycles. The number of nitrogens with one attached hydrogen (secondary N) is 1. The second kappa shape index (κ2) is 8.34. The van der Waals surface area contributed by atoms with Gasteiger partial charge in [-0.25, -0.2) is 4.98 Å². The SMILES string of the molecule is CCn1nc(C)c(CCNC(=O)[C@H]2CCCN(c3ccccn3)C2)c1C. The van der Waals surface area contributed by atoms with Crippen molar-refractivity contribution in [2.24, 2.45) is 5.92 Å². The van der Waals surface area contributed by atoms with Crippen molar-refractivity contribution in [2.45, 2.75) is 46.6 Å². The first-order valence-corrected chi connectivity index (χ1v) is 9.56. The molecule has 6 nitrogen and oxygen atoms in total. The summed E-state index contributed by atoms with van der Waals surface area (Å²) < 4.78 is 2.03. The second-order valence-electron chi connectivity index (χ2n) is 6.98. The van der Waals surface area contributed by atoms with Gasteiger partial charge in [0.1, 0.15) is 5.82 Å². The van der Waals surface area contributed by atoms with Gasteiger partial charge in [-0.2, -0.15) is 5.10 Å². The standard InChI is InChI=1S/C20H29N5O/c1-4-25-16(3)18(15(2)23-25)10-12-22-20(26)17-8-7-13-24(14-17)19-9-5-6-11-21-19/h5-6,9,11,17H,4,7-8,10,12-14H2,1-3H3,(H,22,26)/t17-/m0/s1. The van der Waals surface area contributed by atoms with Crippen LogP contribution in [-0.4, -0.2) is 40.3 Å². The Morgan fingerprint density at radius 3 is 2.88 bits per heavy atom. The fourth-order valence-corrected chi connectivity index (χ4v) is 3.80. The number of hydrogen-bond acceptors (Lipinski definition) is 4. The third kappa shape index (κ3) is 4.06. The number of pyridine rings is 1. The van der Waals surface area contributed by atoms with Gasteiger partial charge in [0.2, 0.25) is 5.91 Å². The zero-order valence-corrected chi connectivity index (χ0v) is 16.0.